The van der Waals surface area contributed by atoms with Crippen molar-refractivity contribution in [3.8, 4) is 5.75 Å². The number of ether oxygens (including phenoxy) is 2. The first kappa shape index (κ1) is 11.2. The zero-order valence-electron chi connectivity index (χ0n) is 9.90. The molecular weight excluding hydrogens is 200 g/mol. The van der Waals surface area contributed by atoms with Gasteiger partial charge in [0.25, 0.3) is 0 Å². The monoisotopic (exact) mass is 218 g/mol. The summed E-state index contributed by atoms with van der Waals surface area (Å²) in [4.78, 5) is 0. The minimum atomic E-state index is 0.475. The first-order chi connectivity index (χ1) is 7.79. The summed E-state index contributed by atoms with van der Waals surface area (Å²) in [6.45, 7) is 3.70. The molecule has 1 unspecified atom stereocenters. The molecule has 1 aliphatic rings. The van der Waals surface area contributed by atoms with Crippen LogP contribution in [-0.2, 0) is 4.74 Å². The van der Waals surface area contributed by atoms with Crippen molar-refractivity contribution in [2.24, 2.45) is 0 Å². The van der Waals surface area contributed by atoms with Crippen molar-refractivity contribution in [3.63, 3.8) is 0 Å². The second-order valence-corrected chi connectivity index (χ2v) is 4.27. The van der Waals surface area contributed by atoms with Gasteiger partial charge in [0.15, 0.2) is 0 Å². The summed E-state index contributed by atoms with van der Waals surface area (Å²) >= 11 is 0. The van der Waals surface area contributed by atoms with Gasteiger partial charge < -0.3 is 9.47 Å². The van der Waals surface area contributed by atoms with E-state index in [1.807, 2.05) is 12.1 Å². The maximum Gasteiger partial charge on any atom is 0.118 e. The molecule has 2 rings (SSSR count). The summed E-state index contributed by atoms with van der Waals surface area (Å²) in [7, 11) is 1.69. The smallest absolute Gasteiger partial charge is 0.118 e. The minimum absolute atomic E-state index is 0.475. The molecular formula is C14H18O2. The average molecular weight is 218 g/mol. The van der Waals surface area contributed by atoms with Crippen molar-refractivity contribution in [2.75, 3.05) is 20.3 Å². The topological polar surface area (TPSA) is 18.5 Å². The molecule has 0 spiro atoms. The normalized spacial score (nSPS) is 21.1. The van der Waals surface area contributed by atoms with E-state index in [1.165, 1.54) is 11.1 Å². The van der Waals surface area contributed by atoms with Crippen LogP contribution in [0.3, 0.4) is 0 Å². The third kappa shape index (κ3) is 2.64. The fourth-order valence-electron chi connectivity index (χ4n) is 1.94. The molecule has 1 atom stereocenters. The lowest BCUT2D eigenvalue weighted by molar-refractivity contribution is 0.146. The van der Waals surface area contributed by atoms with E-state index in [0.717, 1.165) is 25.4 Å². The van der Waals surface area contributed by atoms with Crippen LogP contribution in [0.5, 0.6) is 5.75 Å². The Balaban J connectivity index is 2.11. The van der Waals surface area contributed by atoms with E-state index in [4.69, 9.17) is 9.47 Å². The fourth-order valence-corrected chi connectivity index (χ4v) is 1.94. The van der Waals surface area contributed by atoms with Crippen molar-refractivity contribution in [2.45, 2.75) is 19.3 Å². The first-order valence-corrected chi connectivity index (χ1v) is 5.67. The maximum absolute atomic E-state index is 5.63. The predicted molar refractivity (Wildman–Crippen MR) is 64.9 cm³/mol. The molecule has 0 aliphatic carbocycles. The second-order valence-electron chi connectivity index (χ2n) is 4.27. The van der Waals surface area contributed by atoms with Gasteiger partial charge in [0.05, 0.1) is 20.3 Å². The van der Waals surface area contributed by atoms with Gasteiger partial charge in [0.1, 0.15) is 5.75 Å². The van der Waals surface area contributed by atoms with E-state index in [9.17, 15) is 0 Å². The van der Waals surface area contributed by atoms with Crippen LogP contribution >= 0.6 is 0 Å². The van der Waals surface area contributed by atoms with Crippen LogP contribution in [0.4, 0.5) is 0 Å². The van der Waals surface area contributed by atoms with Gasteiger partial charge in [-0.15, -0.1) is 0 Å². The molecule has 0 bridgehead atoms. The van der Waals surface area contributed by atoms with Gasteiger partial charge in [-0.05, 0) is 31.0 Å². The molecule has 2 heteroatoms. The summed E-state index contributed by atoms with van der Waals surface area (Å²) in [6, 6.07) is 8.27. The van der Waals surface area contributed by atoms with Gasteiger partial charge in [0, 0.05) is 5.92 Å². The zero-order valence-corrected chi connectivity index (χ0v) is 9.90. The molecule has 0 saturated heterocycles. The summed E-state index contributed by atoms with van der Waals surface area (Å²) in [5.74, 6) is 1.38. The van der Waals surface area contributed by atoms with Crippen LogP contribution in [0.15, 0.2) is 35.9 Å². The highest BCUT2D eigenvalue weighted by Gasteiger charge is 2.13. The highest BCUT2D eigenvalue weighted by Crippen LogP contribution is 2.25. The first-order valence-electron chi connectivity index (χ1n) is 5.67. The highest BCUT2D eigenvalue weighted by molar-refractivity contribution is 5.30. The average Bonchev–Trinajstić information content (AvgIpc) is 2.54. The van der Waals surface area contributed by atoms with Crippen molar-refractivity contribution in [3.05, 3.63) is 41.5 Å². The Hall–Kier alpha value is -1.28. The van der Waals surface area contributed by atoms with Gasteiger partial charge in [-0.2, -0.15) is 0 Å². The van der Waals surface area contributed by atoms with Crippen LogP contribution in [0.25, 0.3) is 0 Å². The molecule has 0 aromatic heterocycles. The van der Waals surface area contributed by atoms with Crippen molar-refractivity contribution in [1.29, 1.82) is 0 Å². The second kappa shape index (κ2) is 5.17. The van der Waals surface area contributed by atoms with Gasteiger partial charge in [-0.3, -0.25) is 0 Å². The predicted octanol–water partition coefficient (Wildman–Crippen LogP) is 3.15. The summed E-state index contributed by atoms with van der Waals surface area (Å²) < 4.78 is 10.8. The number of methoxy groups -OCH3 is 1. The Morgan fingerprint density at radius 2 is 2.00 bits per heavy atom. The standard InChI is InChI=1S/C14H18O2/c1-11-3-4-13(10-16-9-11)12-5-7-14(15-2)8-6-12/h3,5-8,13H,4,9-10H2,1-2H3. The number of benzene rings is 1. The van der Waals surface area contributed by atoms with E-state index in [0.29, 0.717) is 5.92 Å². The minimum Gasteiger partial charge on any atom is -0.497 e. The van der Waals surface area contributed by atoms with Crippen LogP contribution in [-0.4, -0.2) is 20.3 Å². The van der Waals surface area contributed by atoms with E-state index in [-0.39, 0.29) is 0 Å². The Kier molecular flexibility index (Phi) is 3.62. The number of allylic oxidation sites excluding steroid dienone is 1. The molecule has 2 nitrogen and oxygen atoms in total. The lowest BCUT2D eigenvalue weighted by atomic mass is 9.96. The lowest BCUT2D eigenvalue weighted by Gasteiger charge is -2.13. The third-order valence-electron chi connectivity index (χ3n) is 2.99. The van der Waals surface area contributed by atoms with Crippen molar-refractivity contribution >= 4 is 0 Å². The number of rotatable bonds is 2. The molecule has 16 heavy (non-hydrogen) atoms. The fraction of sp³-hybridized carbons (Fsp3) is 0.429. The third-order valence-corrected chi connectivity index (χ3v) is 2.99. The Morgan fingerprint density at radius 1 is 1.25 bits per heavy atom. The summed E-state index contributed by atoms with van der Waals surface area (Å²) in [5.41, 5.74) is 2.66. The Bertz CT molecular complexity index is 365. The molecule has 0 amide bonds. The molecule has 0 fully saturated rings. The SMILES string of the molecule is COc1ccc(C2CC=C(C)COC2)cc1. The largest absolute Gasteiger partial charge is 0.497 e. The van der Waals surface area contributed by atoms with E-state index in [1.54, 1.807) is 7.11 Å². The number of hydrogen-bond acceptors (Lipinski definition) is 2. The van der Waals surface area contributed by atoms with Crippen LogP contribution in [0, 0.1) is 0 Å². The highest BCUT2D eigenvalue weighted by atomic mass is 16.5. The Morgan fingerprint density at radius 3 is 2.69 bits per heavy atom. The van der Waals surface area contributed by atoms with Crippen LogP contribution < -0.4 is 4.74 Å². The zero-order chi connectivity index (χ0) is 11.4. The van der Waals surface area contributed by atoms with Crippen LogP contribution in [0.2, 0.25) is 0 Å². The Labute approximate surface area is 96.9 Å². The molecule has 1 aliphatic heterocycles. The lowest BCUT2D eigenvalue weighted by Crippen LogP contribution is -2.05. The molecule has 86 valence electrons. The summed E-state index contributed by atoms with van der Waals surface area (Å²) in [6.07, 6.45) is 3.35. The quantitative estimate of drug-likeness (QED) is 0.710. The van der Waals surface area contributed by atoms with Gasteiger partial charge in [-0.25, -0.2) is 0 Å². The van der Waals surface area contributed by atoms with Gasteiger partial charge >= 0.3 is 0 Å². The van der Waals surface area contributed by atoms with E-state index >= 15 is 0 Å². The van der Waals surface area contributed by atoms with Crippen molar-refractivity contribution < 1.29 is 9.47 Å². The molecule has 0 radical (unpaired) electrons. The maximum atomic E-state index is 5.63. The molecule has 1 heterocycles. The molecule has 0 N–H and O–H groups in total. The van der Waals surface area contributed by atoms with E-state index in [2.05, 4.69) is 25.1 Å². The van der Waals surface area contributed by atoms with Gasteiger partial charge in [0.2, 0.25) is 0 Å². The van der Waals surface area contributed by atoms with Crippen LogP contribution in [0.1, 0.15) is 24.8 Å². The van der Waals surface area contributed by atoms with Gasteiger partial charge in [-0.1, -0.05) is 23.8 Å². The molecule has 0 saturated carbocycles. The van der Waals surface area contributed by atoms with Crippen molar-refractivity contribution in [1.82, 2.24) is 0 Å². The van der Waals surface area contributed by atoms with E-state index < -0.39 is 0 Å². The number of hydrogen-bond donors (Lipinski definition) is 0. The molecule has 1 aromatic carbocycles. The molecule has 1 aromatic rings. The summed E-state index contributed by atoms with van der Waals surface area (Å²) in [5, 5.41) is 0.